The second-order valence-corrected chi connectivity index (χ2v) is 9.67. The molecule has 2 aromatic rings. The Morgan fingerprint density at radius 1 is 1.00 bits per heavy atom. The second kappa shape index (κ2) is 13.1. The van der Waals surface area contributed by atoms with Crippen LogP contribution in [0.4, 0.5) is 0 Å². The number of fused-ring (bicyclic) bond motifs is 1. The molecule has 4 N–H and O–H groups in total. The minimum absolute atomic E-state index is 0.00383. The minimum Gasteiger partial charge on any atom is -0.508 e. The lowest BCUT2D eigenvalue weighted by molar-refractivity contribution is 0.175. The van der Waals surface area contributed by atoms with Gasteiger partial charge in [0.05, 0.1) is 0 Å². The average molecular weight is 475 g/mol. The lowest BCUT2D eigenvalue weighted by atomic mass is 9.86. The smallest absolute Gasteiger partial charge is 0.160 e. The molecule has 0 aliphatic heterocycles. The van der Waals surface area contributed by atoms with Crippen LogP contribution in [0.1, 0.15) is 62.1 Å². The van der Waals surface area contributed by atoms with Gasteiger partial charge < -0.3 is 25.5 Å². The molecule has 0 spiro atoms. The molecule has 6 heteroatoms. The number of hydrogen-bond acceptors (Lipinski definition) is 5. The molecule has 3 rings (SSSR count). The summed E-state index contributed by atoms with van der Waals surface area (Å²) in [7, 11) is 0. The highest BCUT2D eigenvalue weighted by atomic mass is 35.5. The molecule has 182 valence electrons. The molecule has 2 aromatic carbocycles. The number of rotatable bonds is 13. The molecule has 0 bridgehead atoms. The van der Waals surface area contributed by atoms with E-state index in [1.165, 1.54) is 31.2 Å². The zero-order valence-corrected chi connectivity index (χ0v) is 20.6. The van der Waals surface area contributed by atoms with Gasteiger partial charge in [-0.2, -0.15) is 0 Å². The highest BCUT2D eigenvalue weighted by molar-refractivity contribution is 6.30. The first kappa shape index (κ1) is 25.7. The van der Waals surface area contributed by atoms with Gasteiger partial charge in [0.1, 0.15) is 5.75 Å². The van der Waals surface area contributed by atoms with Gasteiger partial charge in [-0.3, -0.25) is 0 Å². The summed E-state index contributed by atoms with van der Waals surface area (Å²) in [6.45, 7) is 6.39. The molecule has 0 fully saturated rings. The fourth-order valence-electron chi connectivity index (χ4n) is 4.93. The van der Waals surface area contributed by atoms with Crippen molar-refractivity contribution in [3.8, 4) is 17.2 Å². The molecule has 0 unspecified atom stereocenters. The first-order valence-electron chi connectivity index (χ1n) is 12.4. The Hall–Kier alpha value is -1.95. The van der Waals surface area contributed by atoms with Crippen LogP contribution in [0.5, 0.6) is 17.2 Å². The molecular formula is C27H39ClN2O3. The quantitative estimate of drug-likeness (QED) is 0.230. The molecule has 0 saturated carbocycles. The first-order chi connectivity index (χ1) is 16.0. The first-order valence-corrected chi connectivity index (χ1v) is 12.8. The van der Waals surface area contributed by atoms with Crippen LogP contribution in [0.25, 0.3) is 0 Å². The second-order valence-electron chi connectivity index (χ2n) is 9.24. The standard InChI is InChI=1S/C27H39ClN2O3/c1-2-14-30(23-8-9-25-21(18-23)7-10-26(32)27(25)33)15-6-4-3-5-12-29-13-11-20-16-22(28)19-24(31)17-20/h7,10,16-17,19,23,29,31-33H,2-6,8-9,11-15,18H2,1H3/t23-/m0/s1. The molecule has 0 radical (unpaired) electrons. The van der Waals surface area contributed by atoms with Gasteiger partial charge in [0.15, 0.2) is 11.5 Å². The topological polar surface area (TPSA) is 76.0 Å². The summed E-state index contributed by atoms with van der Waals surface area (Å²) in [5.74, 6) is 0.299. The Bertz CT molecular complexity index is 870. The molecule has 1 aliphatic rings. The van der Waals surface area contributed by atoms with Crippen LogP contribution < -0.4 is 5.32 Å². The van der Waals surface area contributed by atoms with E-state index in [9.17, 15) is 15.3 Å². The predicted octanol–water partition coefficient (Wildman–Crippen LogP) is 5.42. The van der Waals surface area contributed by atoms with Gasteiger partial charge in [-0.05, 0) is 107 Å². The third-order valence-corrected chi connectivity index (χ3v) is 6.87. The maximum atomic E-state index is 10.1. The number of hydrogen-bond donors (Lipinski definition) is 4. The highest BCUT2D eigenvalue weighted by Crippen LogP contribution is 2.36. The van der Waals surface area contributed by atoms with Gasteiger partial charge in [-0.1, -0.05) is 37.4 Å². The molecular weight excluding hydrogens is 436 g/mol. The summed E-state index contributed by atoms with van der Waals surface area (Å²) in [4.78, 5) is 2.63. The number of halogens is 1. The minimum atomic E-state index is -0.00383. The van der Waals surface area contributed by atoms with Gasteiger partial charge in [-0.15, -0.1) is 0 Å². The number of phenols is 3. The molecule has 0 heterocycles. The Labute approximate surface area is 203 Å². The lowest BCUT2D eigenvalue weighted by Gasteiger charge is -2.35. The molecule has 0 aromatic heterocycles. The molecule has 0 saturated heterocycles. The van der Waals surface area contributed by atoms with E-state index in [1.54, 1.807) is 18.2 Å². The molecule has 0 amide bonds. The van der Waals surface area contributed by atoms with E-state index in [0.717, 1.165) is 69.4 Å². The van der Waals surface area contributed by atoms with Crippen molar-refractivity contribution >= 4 is 11.6 Å². The van der Waals surface area contributed by atoms with Crippen molar-refractivity contribution in [2.75, 3.05) is 26.2 Å². The van der Waals surface area contributed by atoms with Gasteiger partial charge in [0.2, 0.25) is 0 Å². The number of aromatic hydroxyl groups is 3. The van der Waals surface area contributed by atoms with Crippen LogP contribution in [0, 0.1) is 0 Å². The number of nitrogens with zero attached hydrogens (tertiary/aromatic N) is 1. The summed E-state index contributed by atoms with van der Waals surface area (Å²) in [6.07, 6.45) is 9.70. The van der Waals surface area contributed by atoms with Crippen molar-refractivity contribution in [1.82, 2.24) is 10.2 Å². The molecule has 1 aliphatic carbocycles. The molecule has 1 atom stereocenters. The largest absolute Gasteiger partial charge is 0.508 e. The van der Waals surface area contributed by atoms with E-state index < -0.39 is 0 Å². The van der Waals surface area contributed by atoms with Crippen LogP contribution in [0.3, 0.4) is 0 Å². The van der Waals surface area contributed by atoms with Gasteiger partial charge >= 0.3 is 0 Å². The zero-order valence-electron chi connectivity index (χ0n) is 19.8. The van der Waals surface area contributed by atoms with Crippen LogP contribution in [-0.2, 0) is 19.3 Å². The van der Waals surface area contributed by atoms with Crippen molar-refractivity contribution in [2.24, 2.45) is 0 Å². The lowest BCUT2D eigenvalue weighted by Crippen LogP contribution is -2.40. The Morgan fingerprint density at radius 2 is 1.82 bits per heavy atom. The van der Waals surface area contributed by atoms with E-state index in [-0.39, 0.29) is 17.2 Å². The number of benzene rings is 2. The van der Waals surface area contributed by atoms with E-state index in [4.69, 9.17) is 11.6 Å². The SMILES string of the molecule is CCCN(CCCCCCNCCc1cc(O)cc(Cl)c1)[C@H]1CCc2c(ccc(O)c2O)C1. The maximum absolute atomic E-state index is 10.1. The van der Waals surface area contributed by atoms with Crippen molar-refractivity contribution < 1.29 is 15.3 Å². The number of phenolic OH excluding ortho intramolecular Hbond substituents is 3. The average Bonchev–Trinajstić information content (AvgIpc) is 2.79. The monoisotopic (exact) mass is 474 g/mol. The Morgan fingerprint density at radius 3 is 2.61 bits per heavy atom. The third kappa shape index (κ3) is 7.80. The summed E-state index contributed by atoms with van der Waals surface area (Å²) < 4.78 is 0. The molecule has 33 heavy (non-hydrogen) atoms. The summed E-state index contributed by atoms with van der Waals surface area (Å²) >= 11 is 5.98. The number of nitrogens with one attached hydrogen (secondary N) is 1. The normalized spacial score (nSPS) is 15.7. The summed E-state index contributed by atoms with van der Waals surface area (Å²) in [6, 6.07) is 9.35. The highest BCUT2D eigenvalue weighted by Gasteiger charge is 2.26. The van der Waals surface area contributed by atoms with Crippen LogP contribution >= 0.6 is 11.6 Å². The van der Waals surface area contributed by atoms with E-state index in [2.05, 4.69) is 17.1 Å². The van der Waals surface area contributed by atoms with Crippen molar-refractivity contribution in [3.63, 3.8) is 0 Å². The maximum Gasteiger partial charge on any atom is 0.160 e. The van der Waals surface area contributed by atoms with Gasteiger partial charge in [0, 0.05) is 16.6 Å². The van der Waals surface area contributed by atoms with Crippen molar-refractivity contribution in [1.29, 1.82) is 0 Å². The third-order valence-electron chi connectivity index (χ3n) is 6.65. The van der Waals surface area contributed by atoms with E-state index >= 15 is 0 Å². The fraction of sp³-hybridized carbons (Fsp3) is 0.556. The van der Waals surface area contributed by atoms with Gasteiger partial charge in [0.25, 0.3) is 0 Å². The van der Waals surface area contributed by atoms with E-state index in [0.29, 0.717) is 11.1 Å². The summed E-state index contributed by atoms with van der Waals surface area (Å²) in [5.41, 5.74) is 3.17. The Balaban J connectivity index is 1.31. The van der Waals surface area contributed by atoms with Gasteiger partial charge in [-0.25, -0.2) is 0 Å². The predicted molar refractivity (Wildman–Crippen MR) is 136 cm³/mol. The van der Waals surface area contributed by atoms with Crippen LogP contribution in [-0.4, -0.2) is 52.4 Å². The number of unbranched alkanes of at least 4 members (excludes halogenated alkanes) is 3. The zero-order chi connectivity index (χ0) is 23.6. The Kier molecular flexibility index (Phi) is 10.2. The van der Waals surface area contributed by atoms with Crippen LogP contribution in [0.15, 0.2) is 30.3 Å². The van der Waals surface area contributed by atoms with Crippen molar-refractivity contribution in [2.45, 2.75) is 70.8 Å². The summed E-state index contributed by atoms with van der Waals surface area (Å²) in [5, 5.41) is 33.6. The fourth-order valence-corrected chi connectivity index (χ4v) is 5.18. The van der Waals surface area contributed by atoms with Crippen LogP contribution in [0.2, 0.25) is 5.02 Å². The molecule has 5 nitrogen and oxygen atoms in total. The van der Waals surface area contributed by atoms with E-state index in [1.807, 2.05) is 12.1 Å². The van der Waals surface area contributed by atoms with Crippen molar-refractivity contribution in [3.05, 3.63) is 52.0 Å².